The van der Waals surface area contributed by atoms with E-state index in [1.54, 1.807) is 0 Å². The fourth-order valence-corrected chi connectivity index (χ4v) is 5.01. The highest BCUT2D eigenvalue weighted by atomic mass is 32.1. The number of rotatable bonds is 4. The zero-order valence-electron chi connectivity index (χ0n) is 15.4. The molecule has 1 aromatic carbocycles. The van der Waals surface area contributed by atoms with Crippen molar-refractivity contribution in [2.75, 3.05) is 5.32 Å². The van der Waals surface area contributed by atoms with Gasteiger partial charge in [0.1, 0.15) is 11.1 Å². The zero-order valence-corrected chi connectivity index (χ0v) is 16.2. The summed E-state index contributed by atoms with van der Waals surface area (Å²) in [6.07, 6.45) is 5.07. The Morgan fingerprint density at radius 1 is 1.21 bits per heavy atom. The minimum atomic E-state index is -1.22. The minimum Gasteiger partial charge on any atom is -0.478 e. The summed E-state index contributed by atoms with van der Waals surface area (Å²) in [5.74, 6) is -1.39. The number of aromatic carboxylic acids is 1. The van der Waals surface area contributed by atoms with Gasteiger partial charge in [0.2, 0.25) is 0 Å². The molecule has 7 heteroatoms. The van der Waals surface area contributed by atoms with Crippen LogP contribution in [0.5, 0.6) is 0 Å². The molecule has 0 saturated carbocycles. The summed E-state index contributed by atoms with van der Waals surface area (Å²) in [6, 6.07) is 13.9. The summed E-state index contributed by atoms with van der Waals surface area (Å²) in [5.41, 5.74) is 2.60. The van der Waals surface area contributed by atoms with Gasteiger partial charge in [0.25, 0.3) is 5.91 Å². The van der Waals surface area contributed by atoms with Crippen molar-refractivity contribution in [1.82, 2.24) is 4.98 Å². The maximum absolute atomic E-state index is 12.7. The Kier molecular flexibility index (Phi) is 5.10. The van der Waals surface area contributed by atoms with Crippen LogP contribution in [0.1, 0.15) is 54.6 Å². The van der Waals surface area contributed by atoms with Crippen molar-refractivity contribution in [3.05, 3.63) is 81.5 Å². The van der Waals surface area contributed by atoms with Crippen molar-refractivity contribution < 1.29 is 14.7 Å². The average Bonchev–Trinajstić information content (AvgIpc) is 3.10. The van der Waals surface area contributed by atoms with Gasteiger partial charge >= 0.3 is 5.97 Å². The van der Waals surface area contributed by atoms with E-state index < -0.39 is 11.9 Å². The minimum absolute atomic E-state index is 0.0184. The van der Waals surface area contributed by atoms with Gasteiger partial charge in [-0.15, -0.1) is 11.3 Å². The highest BCUT2D eigenvalue weighted by molar-refractivity contribution is 7.16. The van der Waals surface area contributed by atoms with Gasteiger partial charge in [0, 0.05) is 17.3 Å². The van der Waals surface area contributed by atoms with Crippen LogP contribution >= 0.6 is 11.3 Å². The number of carboxylic acid groups (broad SMARTS) is 1. The molecule has 144 valence electrons. The second-order valence-corrected chi connectivity index (χ2v) is 7.96. The van der Waals surface area contributed by atoms with Crippen LogP contribution in [0.2, 0.25) is 0 Å². The molecule has 29 heavy (non-hydrogen) atoms. The maximum atomic E-state index is 12.7. The molecule has 3 aromatic rings. The van der Waals surface area contributed by atoms with E-state index in [-0.39, 0.29) is 11.1 Å². The quantitative estimate of drug-likeness (QED) is 0.678. The highest BCUT2D eigenvalue weighted by Crippen LogP contribution is 2.42. The summed E-state index contributed by atoms with van der Waals surface area (Å²) in [6.45, 7) is 0. The molecule has 1 atom stereocenters. The lowest BCUT2D eigenvalue weighted by atomic mass is 9.83. The number of carbonyl (C=O) groups is 2. The Morgan fingerprint density at radius 3 is 2.72 bits per heavy atom. The number of nitrogens with one attached hydrogen (secondary N) is 1. The van der Waals surface area contributed by atoms with Crippen LogP contribution in [0.3, 0.4) is 0 Å². The molecule has 0 spiro atoms. The van der Waals surface area contributed by atoms with Crippen LogP contribution < -0.4 is 5.32 Å². The van der Waals surface area contributed by atoms with E-state index in [1.807, 2.05) is 18.2 Å². The normalized spacial score (nSPS) is 15.2. The van der Waals surface area contributed by atoms with E-state index in [1.165, 1.54) is 29.2 Å². The SMILES string of the molecule is N#Cc1c(NC(=O)c2ccncc2C(=O)O)sc2c1CCC(c1ccccc1)C2. The number of nitrogens with zero attached hydrogens (tertiary/aromatic N) is 2. The van der Waals surface area contributed by atoms with Crippen LogP contribution in [0.15, 0.2) is 48.8 Å². The topological polar surface area (TPSA) is 103 Å². The molecule has 0 fully saturated rings. The second-order valence-electron chi connectivity index (χ2n) is 6.85. The summed E-state index contributed by atoms with van der Waals surface area (Å²) in [5, 5.41) is 22.2. The van der Waals surface area contributed by atoms with Crippen molar-refractivity contribution in [2.45, 2.75) is 25.2 Å². The van der Waals surface area contributed by atoms with Crippen molar-refractivity contribution in [2.24, 2.45) is 0 Å². The lowest BCUT2D eigenvalue weighted by molar-refractivity contribution is 0.0692. The van der Waals surface area contributed by atoms with E-state index in [0.29, 0.717) is 16.5 Å². The van der Waals surface area contributed by atoms with Crippen LogP contribution in [0, 0.1) is 11.3 Å². The number of nitriles is 1. The Morgan fingerprint density at radius 2 is 2.00 bits per heavy atom. The Balaban J connectivity index is 1.62. The summed E-state index contributed by atoms with van der Waals surface area (Å²) >= 11 is 1.40. The molecule has 6 nitrogen and oxygen atoms in total. The van der Waals surface area contributed by atoms with Gasteiger partial charge in [0.05, 0.1) is 16.7 Å². The van der Waals surface area contributed by atoms with Gasteiger partial charge < -0.3 is 10.4 Å². The molecule has 2 aromatic heterocycles. The third-order valence-corrected chi connectivity index (χ3v) is 6.34. The third-order valence-electron chi connectivity index (χ3n) is 5.17. The van der Waals surface area contributed by atoms with Crippen LogP contribution in [0.4, 0.5) is 5.00 Å². The van der Waals surface area contributed by atoms with Crippen molar-refractivity contribution in [3.63, 3.8) is 0 Å². The molecule has 0 aliphatic heterocycles. The summed E-state index contributed by atoms with van der Waals surface area (Å²) in [7, 11) is 0. The van der Waals surface area contributed by atoms with Crippen LogP contribution in [-0.4, -0.2) is 22.0 Å². The highest BCUT2D eigenvalue weighted by Gasteiger charge is 2.28. The number of fused-ring (bicyclic) bond motifs is 1. The number of benzene rings is 1. The van der Waals surface area contributed by atoms with Crippen molar-refractivity contribution in [1.29, 1.82) is 5.26 Å². The molecule has 0 saturated heterocycles. The second kappa shape index (κ2) is 7.86. The van der Waals surface area contributed by atoms with Crippen LogP contribution in [0.25, 0.3) is 0 Å². The average molecular weight is 403 g/mol. The summed E-state index contributed by atoms with van der Waals surface area (Å²) in [4.78, 5) is 28.9. The third kappa shape index (κ3) is 3.62. The number of aromatic nitrogens is 1. The largest absolute Gasteiger partial charge is 0.478 e. The predicted molar refractivity (Wildman–Crippen MR) is 109 cm³/mol. The number of thiophene rings is 1. The molecule has 1 unspecified atom stereocenters. The molecule has 0 radical (unpaired) electrons. The molecule has 0 bridgehead atoms. The van der Waals surface area contributed by atoms with E-state index in [4.69, 9.17) is 0 Å². The smallest absolute Gasteiger partial charge is 0.338 e. The number of pyridine rings is 1. The molecule has 1 aliphatic rings. The first-order valence-electron chi connectivity index (χ1n) is 9.16. The number of hydrogen-bond donors (Lipinski definition) is 2. The van der Waals surface area contributed by atoms with E-state index in [2.05, 4.69) is 28.5 Å². The summed E-state index contributed by atoms with van der Waals surface area (Å²) < 4.78 is 0. The first-order chi connectivity index (χ1) is 14.1. The van der Waals surface area contributed by atoms with Crippen LogP contribution in [-0.2, 0) is 12.8 Å². The van der Waals surface area contributed by atoms with Gasteiger partial charge in [-0.1, -0.05) is 30.3 Å². The van der Waals surface area contributed by atoms with E-state index in [0.717, 1.165) is 35.9 Å². The van der Waals surface area contributed by atoms with Gasteiger partial charge in [-0.2, -0.15) is 5.26 Å². The number of hydrogen-bond acceptors (Lipinski definition) is 5. The van der Waals surface area contributed by atoms with Gasteiger partial charge in [-0.25, -0.2) is 4.79 Å². The van der Waals surface area contributed by atoms with Crippen molar-refractivity contribution in [3.8, 4) is 6.07 Å². The lowest BCUT2D eigenvalue weighted by Gasteiger charge is -2.22. The Labute approximate surface area is 171 Å². The first kappa shape index (κ1) is 18.8. The fourth-order valence-electron chi connectivity index (χ4n) is 3.74. The molecule has 2 N–H and O–H groups in total. The van der Waals surface area contributed by atoms with Crippen molar-refractivity contribution >= 4 is 28.2 Å². The molecule has 2 heterocycles. The molecule has 4 rings (SSSR count). The number of anilines is 1. The number of carbonyl (C=O) groups excluding carboxylic acids is 1. The molecular weight excluding hydrogens is 386 g/mol. The fraction of sp³-hybridized carbons (Fsp3) is 0.182. The Bertz CT molecular complexity index is 1130. The Hall–Kier alpha value is -3.50. The first-order valence-corrected chi connectivity index (χ1v) is 9.98. The molecule has 1 amide bonds. The molecule has 1 aliphatic carbocycles. The van der Waals surface area contributed by atoms with Gasteiger partial charge in [-0.3, -0.25) is 9.78 Å². The molecular formula is C22H17N3O3S. The van der Waals surface area contributed by atoms with Gasteiger partial charge in [0.15, 0.2) is 0 Å². The predicted octanol–water partition coefficient (Wildman–Crippen LogP) is 4.24. The number of carboxylic acids is 1. The van der Waals surface area contributed by atoms with E-state index >= 15 is 0 Å². The zero-order chi connectivity index (χ0) is 20.4. The standard InChI is InChI=1S/C22H17N3O3S/c23-11-17-15-7-6-14(13-4-2-1-3-5-13)10-19(15)29-21(17)25-20(26)16-8-9-24-12-18(16)22(27)28/h1-5,8-9,12,14H,6-7,10H2,(H,25,26)(H,27,28). The number of amides is 1. The lowest BCUT2D eigenvalue weighted by Crippen LogP contribution is -2.16. The monoisotopic (exact) mass is 403 g/mol. The van der Waals surface area contributed by atoms with E-state index in [9.17, 15) is 20.0 Å². The van der Waals surface area contributed by atoms with Gasteiger partial charge in [-0.05, 0) is 42.4 Å². The maximum Gasteiger partial charge on any atom is 0.338 e.